The van der Waals surface area contributed by atoms with E-state index in [1.807, 2.05) is 0 Å². The zero-order valence-corrected chi connectivity index (χ0v) is 10.3. The molecule has 0 saturated carbocycles. The average molecular weight is 254 g/mol. The highest BCUT2D eigenvalue weighted by Crippen LogP contribution is 2.30. The Morgan fingerprint density at radius 2 is 1.95 bits per heavy atom. The largest absolute Gasteiger partial charge is 0.341 e. The third-order valence-corrected chi connectivity index (χ3v) is 2.87. The molecule has 0 fully saturated rings. The fourth-order valence-corrected chi connectivity index (χ4v) is 1.96. The van der Waals surface area contributed by atoms with E-state index in [0.29, 0.717) is 17.5 Å². The molecule has 0 N–H and O–H groups in total. The van der Waals surface area contributed by atoms with Crippen molar-refractivity contribution in [3.63, 3.8) is 0 Å². The summed E-state index contributed by atoms with van der Waals surface area (Å²) in [5.41, 5.74) is 1.39. The lowest BCUT2D eigenvalue weighted by Gasteiger charge is -2.22. The van der Waals surface area contributed by atoms with Crippen LogP contribution in [0.25, 0.3) is 0 Å². The van der Waals surface area contributed by atoms with Gasteiger partial charge in [0.1, 0.15) is 11.9 Å². The summed E-state index contributed by atoms with van der Waals surface area (Å²) in [7, 11) is 1.63. The van der Waals surface area contributed by atoms with E-state index in [4.69, 9.17) is 5.26 Å². The molecule has 0 unspecified atom stereocenters. The lowest BCUT2D eigenvalue weighted by atomic mass is 10.1. The molecule has 3 nitrogen and oxygen atoms in total. The first kappa shape index (κ1) is 12.8. The Hall–Kier alpha value is -2.67. The summed E-state index contributed by atoms with van der Waals surface area (Å²) in [6.07, 6.45) is 0.601. The molecule has 0 atom stereocenters. The minimum absolute atomic E-state index is 0.167. The first-order chi connectivity index (χ1) is 9.19. The highest BCUT2D eigenvalue weighted by atomic mass is 19.1. The molecule has 4 heteroatoms. The monoisotopic (exact) mass is 254 g/mol. The quantitative estimate of drug-likeness (QED) is 0.789. The van der Waals surface area contributed by atoms with Crippen molar-refractivity contribution in [2.24, 2.45) is 0 Å². The van der Waals surface area contributed by atoms with E-state index < -0.39 is 5.82 Å². The van der Waals surface area contributed by atoms with Gasteiger partial charge in [-0.3, -0.25) is 4.79 Å². The molecule has 2 aromatic rings. The number of para-hydroxylation sites is 2. The summed E-state index contributed by atoms with van der Waals surface area (Å²) in [5, 5.41) is 9.07. The number of hydrogen-bond donors (Lipinski definition) is 0. The van der Waals surface area contributed by atoms with E-state index in [9.17, 15) is 9.18 Å². The summed E-state index contributed by atoms with van der Waals surface area (Å²) in [4.78, 5) is 12.5. The number of rotatable bonds is 3. The zero-order chi connectivity index (χ0) is 13.8. The number of carbonyl (C=O) groups is 1. The summed E-state index contributed by atoms with van der Waals surface area (Å²) in [6.45, 7) is 0. The van der Waals surface area contributed by atoms with E-state index in [2.05, 4.69) is 6.07 Å². The van der Waals surface area contributed by atoms with Gasteiger partial charge in [-0.15, -0.1) is 0 Å². The van der Waals surface area contributed by atoms with Gasteiger partial charge in [0.15, 0.2) is 6.29 Å². The van der Waals surface area contributed by atoms with E-state index in [-0.39, 0.29) is 11.3 Å². The number of halogens is 1. The number of benzene rings is 2. The Kier molecular flexibility index (Phi) is 3.58. The average Bonchev–Trinajstić information content (AvgIpc) is 2.46. The van der Waals surface area contributed by atoms with Crippen LogP contribution in [0.2, 0.25) is 0 Å². The van der Waals surface area contributed by atoms with Crippen LogP contribution in [0.5, 0.6) is 0 Å². The Morgan fingerprint density at radius 3 is 2.63 bits per heavy atom. The van der Waals surface area contributed by atoms with Gasteiger partial charge in [0.2, 0.25) is 0 Å². The Balaban J connectivity index is 2.60. The van der Waals surface area contributed by atoms with Crippen LogP contribution in [0.15, 0.2) is 42.5 Å². The highest BCUT2D eigenvalue weighted by Gasteiger charge is 2.16. The Labute approximate surface area is 110 Å². The van der Waals surface area contributed by atoms with Crippen LogP contribution < -0.4 is 4.90 Å². The molecular weight excluding hydrogens is 243 g/mol. The first-order valence-corrected chi connectivity index (χ1v) is 5.65. The van der Waals surface area contributed by atoms with Gasteiger partial charge in [0, 0.05) is 12.6 Å². The maximum atomic E-state index is 13.9. The van der Waals surface area contributed by atoms with Crippen molar-refractivity contribution in [2.75, 3.05) is 11.9 Å². The molecule has 0 bridgehead atoms. The summed E-state index contributed by atoms with van der Waals surface area (Å²) in [5.74, 6) is -0.500. The normalized spacial score (nSPS) is 9.74. The highest BCUT2D eigenvalue weighted by molar-refractivity contribution is 5.87. The minimum atomic E-state index is -0.500. The van der Waals surface area contributed by atoms with Gasteiger partial charge >= 0.3 is 0 Å². The van der Waals surface area contributed by atoms with Crippen LogP contribution in [0.4, 0.5) is 15.8 Å². The van der Waals surface area contributed by atoms with Crippen LogP contribution in [0.1, 0.15) is 15.9 Å². The molecule has 19 heavy (non-hydrogen) atoms. The van der Waals surface area contributed by atoms with E-state index in [1.54, 1.807) is 31.3 Å². The second-order valence-corrected chi connectivity index (χ2v) is 3.98. The smallest absolute Gasteiger partial charge is 0.152 e. The van der Waals surface area contributed by atoms with Gasteiger partial charge in [-0.2, -0.15) is 5.26 Å². The third-order valence-electron chi connectivity index (χ3n) is 2.87. The third kappa shape index (κ3) is 2.31. The molecule has 2 rings (SSSR count). The molecule has 0 aliphatic rings. The number of nitriles is 1. The fourth-order valence-electron chi connectivity index (χ4n) is 1.96. The molecule has 0 spiro atoms. The van der Waals surface area contributed by atoms with Crippen molar-refractivity contribution >= 4 is 17.7 Å². The molecule has 2 aromatic carbocycles. The van der Waals surface area contributed by atoms with Gasteiger partial charge in [-0.25, -0.2) is 4.39 Å². The molecule has 0 saturated heterocycles. The topological polar surface area (TPSA) is 44.1 Å². The van der Waals surface area contributed by atoms with Gasteiger partial charge in [0.05, 0.1) is 16.9 Å². The number of anilines is 2. The second kappa shape index (κ2) is 5.32. The van der Waals surface area contributed by atoms with Crippen molar-refractivity contribution in [3.05, 3.63) is 59.4 Å². The van der Waals surface area contributed by atoms with Crippen molar-refractivity contribution in [2.45, 2.75) is 0 Å². The van der Waals surface area contributed by atoms with Crippen molar-refractivity contribution in [1.29, 1.82) is 5.26 Å². The number of aldehydes is 1. The van der Waals surface area contributed by atoms with Gasteiger partial charge in [-0.05, 0) is 24.3 Å². The first-order valence-electron chi connectivity index (χ1n) is 5.65. The molecule has 94 valence electrons. The van der Waals surface area contributed by atoms with E-state index in [1.165, 1.54) is 23.1 Å². The Bertz CT molecular complexity index is 661. The lowest BCUT2D eigenvalue weighted by molar-refractivity contribution is 0.112. The standard InChI is InChI=1S/C15H11FN2O/c1-18(14-8-3-2-5-11(14)9-17)15-12(10-19)6-4-7-13(15)16/h2-8,10H,1H3. The van der Waals surface area contributed by atoms with Crippen LogP contribution in [0, 0.1) is 17.1 Å². The Morgan fingerprint density at radius 1 is 1.21 bits per heavy atom. The van der Waals surface area contributed by atoms with Crippen molar-refractivity contribution in [3.8, 4) is 6.07 Å². The van der Waals surface area contributed by atoms with Gasteiger partial charge in [0.25, 0.3) is 0 Å². The SMILES string of the molecule is CN(c1ccccc1C#N)c1c(F)cccc1C=O. The maximum Gasteiger partial charge on any atom is 0.152 e. The second-order valence-electron chi connectivity index (χ2n) is 3.98. The van der Waals surface area contributed by atoms with Gasteiger partial charge < -0.3 is 4.90 Å². The van der Waals surface area contributed by atoms with Crippen LogP contribution in [-0.4, -0.2) is 13.3 Å². The molecule has 0 radical (unpaired) electrons. The predicted octanol–water partition coefficient (Wildman–Crippen LogP) is 3.28. The van der Waals surface area contributed by atoms with E-state index >= 15 is 0 Å². The summed E-state index contributed by atoms with van der Waals surface area (Å²) < 4.78 is 13.9. The predicted molar refractivity (Wildman–Crippen MR) is 71.0 cm³/mol. The van der Waals surface area contributed by atoms with Crippen LogP contribution in [0.3, 0.4) is 0 Å². The molecule has 0 aliphatic carbocycles. The number of nitrogens with zero attached hydrogens (tertiary/aromatic N) is 2. The van der Waals surface area contributed by atoms with Crippen molar-refractivity contribution in [1.82, 2.24) is 0 Å². The molecular formula is C15H11FN2O. The molecule has 0 heterocycles. The van der Waals surface area contributed by atoms with E-state index in [0.717, 1.165) is 0 Å². The fraction of sp³-hybridized carbons (Fsp3) is 0.0667. The summed E-state index contributed by atoms with van der Waals surface area (Å²) in [6, 6.07) is 13.2. The van der Waals surface area contributed by atoms with Crippen LogP contribution in [-0.2, 0) is 0 Å². The molecule has 0 aromatic heterocycles. The molecule has 0 amide bonds. The lowest BCUT2D eigenvalue weighted by Crippen LogP contribution is -2.14. The number of carbonyl (C=O) groups excluding carboxylic acids is 1. The zero-order valence-electron chi connectivity index (χ0n) is 10.3. The van der Waals surface area contributed by atoms with Crippen LogP contribution >= 0.6 is 0 Å². The van der Waals surface area contributed by atoms with Crippen molar-refractivity contribution < 1.29 is 9.18 Å². The number of hydrogen-bond acceptors (Lipinski definition) is 3. The van der Waals surface area contributed by atoms with Gasteiger partial charge in [-0.1, -0.05) is 18.2 Å². The molecule has 0 aliphatic heterocycles. The minimum Gasteiger partial charge on any atom is -0.341 e. The summed E-state index contributed by atoms with van der Waals surface area (Å²) >= 11 is 0. The maximum absolute atomic E-state index is 13.9.